The Morgan fingerprint density at radius 2 is 1.71 bits per heavy atom. The van der Waals surface area contributed by atoms with E-state index >= 15 is 0 Å². The van der Waals surface area contributed by atoms with Crippen LogP contribution in [0.3, 0.4) is 0 Å². The van der Waals surface area contributed by atoms with Gasteiger partial charge in [0.2, 0.25) is 10.0 Å². The SMILES string of the molecule is CC(=O)c1ccc(S(=O)(=O)NCC(C(C)C)N2CCCCC2)cc1. The summed E-state index contributed by atoms with van der Waals surface area (Å²) in [5, 5.41) is 0. The molecule has 0 bridgehead atoms. The monoisotopic (exact) mass is 352 g/mol. The first-order valence-corrected chi connectivity index (χ1v) is 10.1. The Morgan fingerprint density at radius 3 is 2.21 bits per heavy atom. The molecule has 0 aliphatic carbocycles. The molecule has 1 aromatic carbocycles. The molecule has 1 aliphatic rings. The fraction of sp³-hybridized carbons (Fsp3) is 0.611. The molecule has 1 aromatic rings. The van der Waals surface area contributed by atoms with Crippen LogP contribution >= 0.6 is 0 Å². The maximum Gasteiger partial charge on any atom is 0.240 e. The Bertz CT molecular complexity index is 647. The lowest BCUT2D eigenvalue weighted by atomic mass is 9.99. The summed E-state index contributed by atoms with van der Waals surface area (Å²) in [6.07, 6.45) is 3.63. The van der Waals surface area contributed by atoms with E-state index in [1.807, 2.05) is 0 Å². The Balaban J connectivity index is 2.05. The van der Waals surface area contributed by atoms with Crippen LogP contribution in [0.2, 0.25) is 0 Å². The molecule has 1 aliphatic heterocycles. The highest BCUT2D eigenvalue weighted by molar-refractivity contribution is 7.89. The van der Waals surface area contributed by atoms with Gasteiger partial charge in [0.15, 0.2) is 5.78 Å². The van der Waals surface area contributed by atoms with Crippen molar-refractivity contribution in [3.63, 3.8) is 0 Å². The first kappa shape index (κ1) is 19.1. The predicted molar refractivity (Wildman–Crippen MR) is 95.7 cm³/mol. The summed E-state index contributed by atoms with van der Waals surface area (Å²) in [4.78, 5) is 13.9. The van der Waals surface area contributed by atoms with Gasteiger partial charge in [0.05, 0.1) is 4.90 Å². The molecule has 0 radical (unpaired) electrons. The third-order valence-corrected chi connectivity index (χ3v) is 6.12. The zero-order valence-corrected chi connectivity index (χ0v) is 15.6. The van der Waals surface area contributed by atoms with Gasteiger partial charge in [0.1, 0.15) is 0 Å². The van der Waals surface area contributed by atoms with Gasteiger partial charge in [-0.25, -0.2) is 13.1 Å². The van der Waals surface area contributed by atoms with Crippen molar-refractivity contribution in [2.24, 2.45) is 5.92 Å². The highest BCUT2D eigenvalue weighted by Gasteiger charge is 2.25. The van der Waals surface area contributed by atoms with Crippen LogP contribution in [0, 0.1) is 5.92 Å². The molecule has 2 rings (SSSR count). The first-order valence-electron chi connectivity index (χ1n) is 8.66. The van der Waals surface area contributed by atoms with E-state index in [2.05, 4.69) is 23.5 Å². The molecule has 0 amide bonds. The molecular formula is C18H28N2O3S. The molecule has 1 N–H and O–H groups in total. The number of carbonyl (C=O) groups is 1. The number of nitrogens with zero attached hydrogens (tertiary/aromatic N) is 1. The molecule has 0 spiro atoms. The van der Waals surface area contributed by atoms with E-state index < -0.39 is 10.0 Å². The summed E-state index contributed by atoms with van der Waals surface area (Å²) in [6.45, 7) is 8.22. The molecule has 24 heavy (non-hydrogen) atoms. The van der Waals surface area contributed by atoms with E-state index in [9.17, 15) is 13.2 Å². The van der Waals surface area contributed by atoms with Crippen molar-refractivity contribution in [3.8, 4) is 0 Å². The van der Waals surface area contributed by atoms with E-state index in [1.54, 1.807) is 12.1 Å². The molecule has 1 fully saturated rings. The van der Waals surface area contributed by atoms with Gasteiger partial charge in [-0.05, 0) is 50.9 Å². The largest absolute Gasteiger partial charge is 0.299 e. The minimum atomic E-state index is -3.56. The third kappa shape index (κ3) is 4.88. The van der Waals surface area contributed by atoms with Crippen LogP contribution in [0.15, 0.2) is 29.2 Å². The average molecular weight is 353 g/mol. The lowest BCUT2D eigenvalue weighted by Gasteiger charge is -2.37. The quantitative estimate of drug-likeness (QED) is 0.766. The topological polar surface area (TPSA) is 66.5 Å². The number of ketones is 1. The predicted octanol–water partition coefficient (Wildman–Crippen LogP) is 2.68. The van der Waals surface area contributed by atoms with Crippen molar-refractivity contribution in [3.05, 3.63) is 29.8 Å². The van der Waals surface area contributed by atoms with E-state index in [0.717, 1.165) is 13.1 Å². The highest BCUT2D eigenvalue weighted by atomic mass is 32.2. The van der Waals surface area contributed by atoms with Gasteiger partial charge in [0.25, 0.3) is 0 Å². The fourth-order valence-electron chi connectivity index (χ4n) is 3.18. The van der Waals surface area contributed by atoms with Crippen molar-refractivity contribution >= 4 is 15.8 Å². The van der Waals surface area contributed by atoms with Gasteiger partial charge in [-0.15, -0.1) is 0 Å². The zero-order valence-electron chi connectivity index (χ0n) is 14.8. The smallest absolute Gasteiger partial charge is 0.240 e. The Kier molecular flexibility index (Phi) is 6.54. The summed E-state index contributed by atoms with van der Waals surface area (Å²) in [7, 11) is -3.56. The molecule has 0 saturated carbocycles. The zero-order chi connectivity index (χ0) is 17.7. The minimum Gasteiger partial charge on any atom is -0.299 e. The molecule has 1 atom stereocenters. The van der Waals surface area contributed by atoms with Gasteiger partial charge in [-0.3, -0.25) is 9.69 Å². The van der Waals surface area contributed by atoms with Crippen LogP contribution in [0.5, 0.6) is 0 Å². The number of carbonyl (C=O) groups excluding carboxylic acids is 1. The van der Waals surface area contributed by atoms with Crippen molar-refractivity contribution < 1.29 is 13.2 Å². The molecule has 5 nitrogen and oxygen atoms in total. The number of rotatable bonds is 7. The Labute approximate surface area is 145 Å². The minimum absolute atomic E-state index is 0.0723. The second-order valence-corrected chi connectivity index (χ2v) is 8.61. The molecule has 6 heteroatoms. The van der Waals surface area contributed by atoms with E-state index in [4.69, 9.17) is 0 Å². The number of hydrogen-bond acceptors (Lipinski definition) is 4. The maximum atomic E-state index is 12.5. The lowest BCUT2D eigenvalue weighted by molar-refractivity contribution is 0.101. The lowest BCUT2D eigenvalue weighted by Crippen LogP contribution is -2.48. The summed E-state index contributed by atoms with van der Waals surface area (Å²) in [5.74, 6) is 0.308. The van der Waals surface area contributed by atoms with Crippen LogP contribution < -0.4 is 4.72 Å². The van der Waals surface area contributed by atoms with Crippen LogP contribution in [0.1, 0.15) is 50.4 Å². The van der Waals surface area contributed by atoms with Gasteiger partial charge in [-0.2, -0.15) is 0 Å². The number of hydrogen-bond donors (Lipinski definition) is 1. The van der Waals surface area contributed by atoms with Gasteiger partial charge in [-0.1, -0.05) is 32.4 Å². The van der Waals surface area contributed by atoms with Gasteiger partial charge >= 0.3 is 0 Å². The van der Waals surface area contributed by atoms with Crippen molar-refractivity contribution in [2.75, 3.05) is 19.6 Å². The summed E-state index contributed by atoms with van der Waals surface area (Å²) in [6, 6.07) is 6.30. The highest BCUT2D eigenvalue weighted by Crippen LogP contribution is 2.18. The normalized spacial score (nSPS) is 17.8. The Hall–Kier alpha value is -1.24. The maximum absolute atomic E-state index is 12.5. The number of nitrogens with one attached hydrogen (secondary N) is 1. The molecule has 134 valence electrons. The number of piperidine rings is 1. The van der Waals surface area contributed by atoms with Gasteiger partial charge < -0.3 is 0 Å². The van der Waals surface area contributed by atoms with Gasteiger partial charge in [0, 0.05) is 18.2 Å². The van der Waals surface area contributed by atoms with E-state index in [0.29, 0.717) is 18.0 Å². The molecule has 0 aromatic heterocycles. The molecular weight excluding hydrogens is 324 g/mol. The second-order valence-electron chi connectivity index (χ2n) is 6.84. The van der Waals surface area contributed by atoms with Crippen molar-refractivity contribution in [2.45, 2.75) is 51.0 Å². The number of likely N-dealkylation sites (tertiary alicyclic amines) is 1. The average Bonchev–Trinajstić information content (AvgIpc) is 2.55. The van der Waals surface area contributed by atoms with Crippen LogP contribution in [0.25, 0.3) is 0 Å². The van der Waals surface area contributed by atoms with E-state index in [-0.39, 0.29) is 16.7 Å². The first-order chi connectivity index (χ1) is 11.3. The Morgan fingerprint density at radius 1 is 1.12 bits per heavy atom. The van der Waals surface area contributed by atoms with Crippen LogP contribution in [-0.4, -0.2) is 44.8 Å². The summed E-state index contributed by atoms with van der Waals surface area (Å²) >= 11 is 0. The summed E-state index contributed by atoms with van der Waals surface area (Å²) in [5.41, 5.74) is 0.516. The summed E-state index contributed by atoms with van der Waals surface area (Å²) < 4.78 is 27.8. The standard InChI is InChI=1S/C18H28N2O3S/c1-14(2)18(20-11-5-4-6-12-20)13-19-24(22,23)17-9-7-16(8-10-17)15(3)21/h7-10,14,18-19H,4-6,11-13H2,1-3H3. The fourth-order valence-corrected chi connectivity index (χ4v) is 4.23. The molecule has 1 saturated heterocycles. The van der Waals surface area contributed by atoms with Crippen LogP contribution in [0.4, 0.5) is 0 Å². The number of Topliss-reactive ketones (excluding diaryl/α,β-unsaturated/α-hetero) is 1. The number of benzene rings is 1. The van der Waals surface area contributed by atoms with Crippen molar-refractivity contribution in [1.82, 2.24) is 9.62 Å². The second kappa shape index (κ2) is 8.23. The number of sulfonamides is 1. The van der Waals surface area contributed by atoms with Crippen molar-refractivity contribution in [1.29, 1.82) is 0 Å². The third-order valence-electron chi connectivity index (χ3n) is 4.68. The molecule has 1 unspecified atom stereocenters. The van der Waals surface area contributed by atoms with E-state index in [1.165, 1.54) is 38.3 Å². The molecule has 1 heterocycles. The van der Waals surface area contributed by atoms with Crippen LogP contribution in [-0.2, 0) is 10.0 Å².